The molecule has 0 aliphatic carbocycles. The fourth-order valence-corrected chi connectivity index (χ4v) is 3.54. The van der Waals surface area contributed by atoms with E-state index in [9.17, 15) is 18.0 Å². The second kappa shape index (κ2) is 6.62. The van der Waals surface area contributed by atoms with Crippen molar-refractivity contribution in [3.63, 3.8) is 0 Å². The number of halogens is 3. The molecule has 0 spiro atoms. The summed E-state index contributed by atoms with van der Waals surface area (Å²) >= 11 is 0.950. The fourth-order valence-electron chi connectivity index (χ4n) is 2.75. The van der Waals surface area contributed by atoms with Crippen LogP contribution in [-0.4, -0.2) is 30.9 Å². The van der Waals surface area contributed by atoms with E-state index in [0.717, 1.165) is 27.7 Å². The quantitative estimate of drug-likeness (QED) is 0.601. The Bertz CT molecular complexity index is 762. The maximum Gasteiger partial charge on any atom is 0.451 e. The molecule has 0 bridgehead atoms. The van der Waals surface area contributed by atoms with Crippen LogP contribution in [0.3, 0.4) is 0 Å². The van der Waals surface area contributed by atoms with Gasteiger partial charge in [0, 0.05) is 30.0 Å². The zero-order valence-electron chi connectivity index (χ0n) is 14.1. The summed E-state index contributed by atoms with van der Waals surface area (Å²) in [6, 6.07) is 2.04. The average molecular weight is 360 g/mol. The molecule has 0 aromatic carbocycles. The topological polar surface area (TPSA) is 52.7 Å². The molecule has 0 aliphatic rings. The summed E-state index contributed by atoms with van der Waals surface area (Å²) in [6.07, 6.45) is -4.56. The number of hydrogen-bond acceptors (Lipinski definition) is 4. The van der Waals surface area contributed by atoms with E-state index in [2.05, 4.69) is 14.8 Å². The predicted octanol–water partition coefficient (Wildman–Crippen LogP) is 3.81. The number of aryl methyl sites for hydroxylation is 1. The summed E-state index contributed by atoms with van der Waals surface area (Å²) in [5.41, 5.74) is 2.43. The van der Waals surface area contributed by atoms with Crippen LogP contribution in [0.1, 0.15) is 47.5 Å². The van der Waals surface area contributed by atoms with Gasteiger partial charge < -0.3 is 9.13 Å². The highest BCUT2D eigenvalue weighted by atomic mass is 32.2. The van der Waals surface area contributed by atoms with E-state index in [1.807, 2.05) is 33.8 Å². The Hall–Kier alpha value is -1.77. The molecule has 0 fully saturated rings. The Morgan fingerprint density at radius 3 is 2.38 bits per heavy atom. The third-order valence-corrected chi connectivity index (χ3v) is 4.74. The summed E-state index contributed by atoms with van der Waals surface area (Å²) in [6.45, 7) is 7.85. The lowest BCUT2D eigenvalue weighted by atomic mass is 10.2. The number of thioether (sulfide) groups is 1. The molecule has 9 heteroatoms. The van der Waals surface area contributed by atoms with E-state index < -0.39 is 12.0 Å². The summed E-state index contributed by atoms with van der Waals surface area (Å²) in [7, 11) is 1.24. The summed E-state index contributed by atoms with van der Waals surface area (Å²) in [5.74, 6) is -1.21. The van der Waals surface area contributed by atoms with Gasteiger partial charge in [-0.25, -0.2) is 0 Å². The fraction of sp³-hybridized carbons (Fsp3) is 0.533. The normalized spacial score (nSPS) is 12.2. The molecule has 24 heavy (non-hydrogen) atoms. The summed E-state index contributed by atoms with van der Waals surface area (Å²) in [5, 5.41) is 6.73. The Morgan fingerprint density at radius 1 is 1.29 bits per heavy atom. The standard InChI is InChI=1S/C15H19F3N4OS/c1-8(2)22-9(3)6-11(10(22)4)12(23)7-24-14-20-19-13(21(14)5)15(16,17)18/h6,8H,7H2,1-5H3. The molecule has 0 radical (unpaired) electrons. The van der Waals surface area contributed by atoms with Gasteiger partial charge in [0.15, 0.2) is 10.9 Å². The smallest absolute Gasteiger partial charge is 0.346 e. The molecule has 5 nitrogen and oxygen atoms in total. The Balaban J connectivity index is 2.15. The minimum atomic E-state index is -4.56. The minimum absolute atomic E-state index is 0.00617. The van der Waals surface area contributed by atoms with E-state index in [1.54, 1.807) is 0 Å². The van der Waals surface area contributed by atoms with Gasteiger partial charge >= 0.3 is 6.18 Å². The summed E-state index contributed by atoms with van der Waals surface area (Å²) in [4.78, 5) is 12.4. The van der Waals surface area contributed by atoms with Gasteiger partial charge in [-0.05, 0) is 33.8 Å². The zero-order chi connectivity index (χ0) is 18.2. The second-order valence-electron chi connectivity index (χ2n) is 5.82. The van der Waals surface area contributed by atoms with Gasteiger partial charge in [0.05, 0.1) is 5.75 Å². The molecular weight excluding hydrogens is 341 g/mol. The first-order valence-electron chi connectivity index (χ1n) is 7.35. The molecule has 0 amide bonds. The van der Waals surface area contributed by atoms with Crippen LogP contribution < -0.4 is 0 Å². The number of Topliss-reactive ketones (excluding diaryl/α,β-unsaturated/α-hetero) is 1. The highest BCUT2D eigenvalue weighted by Crippen LogP contribution is 2.30. The Labute approximate surface area is 142 Å². The number of rotatable bonds is 5. The van der Waals surface area contributed by atoms with Crippen LogP contribution in [0, 0.1) is 13.8 Å². The van der Waals surface area contributed by atoms with Gasteiger partial charge in [0.2, 0.25) is 5.82 Å². The monoisotopic (exact) mass is 360 g/mol. The van der Waals surface area contributed by atoms with E-state index in [-0.39, 0.29) is 22.7 Å². The van der Waals surface area contributed by atoms with E-state index >= 15 is 0 Å². The van der Waals surface area contributed by atoms with Gasteiger partial charge in [-0.3, -0.25) is 4.79 Å². The van der Waals surface area contributed by atoms with Crippen molar-refractivity contribution in [2.75, 3.05) is 5.75 Å². The predicted molar refractivity (Wildman–Crippen MR) is 85.4 cm³/mol. The number of hydrogen-bond donors (Lipinski definition) is 0. The first kappa shape index (κ1) is 18.6. The van der Waals surface area contributed by atoms with Crippen molar-refractivity contribution in [1.29, 1.82) is 0 Å². The van der Waals surface area contributed by atoms with Gasteiger partial charge in [-0.15, -0.1) is 10.2 Å². The van der Waals surface area contributed by atoms with Crippen molar-refractivity contribution in [2.45, 2.75) is 45.1 Å². The van der Waals surface area contributed by atoms with E-state index in [0.29, 0.717) is 5.56 Å². The summed E-state index contributed by atoms with van der Waals surface area (Å²) < 4.78 is 41.0. The molecule has 2 heterocycles. The van der Waals surface area contributed by atoms with Crippen molar-refractivity contribution in [3.8, 4) is 0 Å². The molecular formula is C15H19F3N4OS. The molecule has 0 N–H and O–H groups in total. The highest BCUT2D eigenvalue weighted by molar-refractivity contribution is 7.99. The molecule has 0 aliphatic heterocycles. The van der Waals surface area contributed by atoms with Crippen LogP contribution in [0.25, 0.3) is 0 Å². The van der Waals surface area contributed by atoms with Gasteiger partial charge in [-0.2, -0.15) is 13.2 Å². The van der Waals surface area contributed by atoms with Gasteiger partial charge in [-0.1, -0.05) is 11.8 Å². The molecule has 2 rings (SSSR count). The van der Waals surface area contributed by atoms with Crippen LogP contribution >= 0.6 is 11.8 Å². The van der Waals surface area contributed by atoms with Crippen molar-refractivity contribution in [2.24, 2.45) is 7.05 Å². The van der Waals surface area contributed by atoms with Crippen molar-refractivity contribution in [3.05, 3.63) is 28.8 Å². The first-order chi connectivity index (χ1) is 11.0. The number of carbonyl (C=O) groups excluding carboxylic acids is 1. The third-order valence-electron chi connectivity index (χ3n) is 3.72. The van der Waals surface area contributed by atoms with Crippen LogP contribution in [0.4, 0.5) is 13.2 Å². The largest absolute Gasteiger partial charge is 0.451 e. The lowest BCUT2D eigenvalue weighted by molar-refractivity contribution is -0.147. The maximum atomic E-state index is 12.7. The number of nitrogens with zero attached hydrogens (tertiary/aromatic N) is 4. The average Bonchev–Trinajstić information content (AvgIpc) is 2.96. The Kier molecular flexibility index (Phi) is 5.12. The molecule has 0 saturated carbocycles. The van der Waals surface area contributed by atoms with E-state index in [4.69, 9.17) is 0 Å². The van der Waals surface area contributed by atoms with E-state index in [1.165, 1.54) is 7.05 Å². The van der Waals surface area contributed by atoms with Gasteiger partial charge in [0.25, 0.3) is 0 Å². The van der Waals surface area contributed by atoms with Gasteiger partial charge in [0.1, 0.15) is 0 Å². The number of aromatic nitrogens is 4. The van der Waals surface area contributed by atoms with Crippen LogP contribution in [0.5, 0.6) is 0 Å². The van der Waals surface area contributed by atoms with Crippen molar-refractivity contribution in [1.82, 2.24) is 19.3 Å². The number of ketones is 1. The van der Waals surface area contributed by atoms with Crippen LogP contribution in [0.15, 0.2) is 11.2 Å². The number of carbonyl (C=O) groups is 1. The molecule has 132 valence electrons. The minimum Gasteiger partial charge on any atom is -0.346 e. The lowest BCUT2D eigenvalue weighted by Crippen LogP contribution is -2.13. The second-order valence-corrected chi connectivity index (χ2v) is 6.77. The third kappa shape index (κ3) is 3.50. The zero-order valence-corrected chi connectivity index (χ0v) is 14.9. The molecule has 0 atom stereocenters. The molecule has 0 saturated heterocycles. The molecule has 0 unspecified atom stereocenters. The molecule has 2 aromatic heterocycles. The maximum absolute atomic E-state index is 12.7. The lowest BCUT2D eigenvalue weighted by Gasteiger charge is -2.13. The SMILES string of the molecule is Cc1cc(C(=O)CSc2nnc(C(F)(F)F)n2C)c(C)n1C(C)C. The van der Waals surface area contributed by atoms with Crippen molar-refractivity contribution >= 4 is 17.5 Å². The number of alkyl halides is 3. The highest BCUT2D eigenvalue weighted by Gasteiger charge is 2.37. The van der Waals surface area contributed by atoms with Crippen LogP contribution in [-0.2, 0) is 13.2 Å². The first-order valence-corrected chi connectivity index (χ1v) is 8.33. The van der Waals surface area contributed by atoms with Crippen molar-refractivity contribution < 1.29 is 18.0 Å². The Morgan fingerprint density at radius 2 is 1.92 bits per heavy atom. The molecule has 2 aromatic rings. The van der Waals surface area contributed by atoms with Crippen LogP contribution in [0.2, 0.25) is 0 Å².